The highest BCUT2D eigenvalue weighted by Crippen LogP contribution is 2.32. The van der Waals surface area contributed by atoms with E-state index in [0.29, 0.717) is 30.0 Å². The monoisotopic (exact) mass is 391 g/mol. The fourth-order valence-corrected chi connectivity index (χ4v) is 3.20. The zero-order chi connectivity index (χ0) is 20.1. The lowest BCUT2D eigenvalue weighted by atomic mass is 10.1. The van der Waals surface area contributed by atoms with Gasteiger partial charge in [-0.05, 0) is 35.9 Å². The van der Waals surface area contributed by atoms with Gasteiger partial charge in [-0.15, -0.1) is 0 Å². The fraction of sp³-hybridized carbons (Fsp3) is 0.167. The van der Waals surface area contributed by atoms with Crippen LogP contribution in [0.4, 0.5) is 4.39 Å². The molecule has 4 nitrogen and oxygen atoms in total. The third-order valence-electron chi connectivity index (χ3n) is 4.65. The molecule has 0 unspecified atom stereocenters. The molecular weight excluding hydrogens is 369 g/mol. The lowest BCUT2D eigenvalue weighted by Crippen LogP contribution is -2.31. The molecule has 1 atom stereocenters. The van der Waals surface area contributed by atoms with E-state index in [-0.39, 0.29) is 12.4 Å². The lowest BCUT2D eigenvalue weighted by Gasteiger charge is -2.14. The van der Waals surface area contributed by atoms with Crippen molar-refractivity contribution in [2.75, 3.05) is 13.2 Å². The van der Waals surface area contributed by atoms with Gasteiger partial charge in [0.2, 0.25) is 0 Å². The first-order chi connectivity index (χ1) is 14.2. The number of hydrogen-bond donors (Lipinski definition) is 2. The number of halogens is 1. The summed E-state index contributed by atoms with van der Waals surface area (Å²) in [5.74, 6) is 1.00. The molecule has 0 spiro atoms. The number of furan rings is 1. The van der Waals surface area contributed by atoms with Gasteiger partial charge in [0.15, 0.2) is 0 Å². The predicted octanol–water partition coefficient (Wildman–Crippen LogP) is 4.77. The van der Waals surface area contributed by atoms with Crippen LogP contribution in [0.15, 0.2) is 83.5 Å². The molecule has 0 fully saturated rings. The highest BCUT2D eigenvalue weighted by atomic mass is 19.1. The van der Waals surface area contributed by atoms with E-state index in [0.717, 1.165) is 10.9 Å². The quantitative estimate of drug-likeness (QED) is 0.454. The first kappa shape index (κ1) is 19.2. The Balaban J connectivity index is 1.35. The van der Waals surface area contributed by atoms with Crippen molar-refractivity contribution in [2.45, 2.75) is 12.6 Å². The van der Waals surface area contributed by atoms with E-state index in [4.69, 9.17) is 9.15 Å². The normalized spacial score (nSPS) is 12.2. The Hall–Kier alpha value is -3.15. The lowest BCUT2D eigenvalue weighted by molar-refractivity contribution is 0.106. The van der Waals surface area contributed by atoms with Crippen molar-refractivity contribution in [1.82, 2.24) is 5.32 Å². The van der Waals surface area contributed by atoms with E-state index >= 15 is 0 Å². The van der Waals surface area contributed by atoms with Crippen LogP contribution in [-0.2, 0) is 6.54 Å². The summed E-state index contributed by atoms with van der Waals surface area (Å²) in [5, 5.41) is 14.9. The van der Waals surface area contributed by atoms with Gasteiger partial charge in [-0.1, -0.05) is 42.5 Å². The molecule has 0 bridgehead atoms. The van der Waals surface area contributed by atoms with E-state index in [1.54, 1.807) is 12.3 Å². The molecule has 0 radical (unpaired) electrons. The molecule has 4 rings (SSSR count). The number of rotatable bonds is 8. The molecule has 29 heavy (non-hydrogen) atoms. The molecule has 0 aliphatic carbocycles. The average molecular weight is 391 g/mol. The summed E-state index contributed by atoms with van der Waals surface area (Å²) >= 11 is 0. The van der Waals surface area contributed by atoms with Crippen molar-refractivity contribution in [3.05, 3.63) is 90.4 Å². The van der Waals surface area contributed by atoms with Crippen molar-refractivity contribution < 1.29 is 18.7 Å². The highest BCUT2D eigenvalue weighted by molar-refractivity contribution is 5.94. The molecule has 3 aromatic carbocycles. The second-order valence-electron chi connectivity index (χ2n) is 6.91. The van der Waals surface area contributed by atoms with Crippen LogP contribution >= 0.6 is 0 Å². The highest BCUT2D eigenvalue weighted by Gasteiger charge is 2.11. The smallest absolute Gasteiger partial charge is 0.141 e. The van der Waals surface area contributed by atoms with Crippen LogP contribution in [0.5, 0.6) is 5.75 Å². The number of ether oxygens (including phenoxy) is 1. The minimum absolute atomic E-state index is 0.176. The summed E-state index contributed by atoms with van der Waals surface area (Å²) in [6, 6.07) is 22.1. The summed E-state index contributed by atoms with van der Waals surface area (Å²) in [6.45, 7) is 1.30. The average Bonchev–Trinajstić information content (AvgIpc) is 3.16. The number of benzene rings is 3. The number of aliphatic hydroxyl groups is 1. The van der Waals surface area contributed by atoms with Crippen molar-refractivity contribution in [3.63, 3.8) is 0 Å². The second kappa shape index (κ2) is 8.90. The maximum atomic E-state index is 13.4. The Labute approximate surface area is 168 Å². The molecule has 1 aromatic heterocycles. The first-order valence-corrected chi connectivity index (χ1v) is 9.52. The molecule has 2 N–H and O–H groups in total. The van der Waals surface area contributed by atoms with Gasteiger partial charge in [0.05, 0.1) is 6.26 Å². The van der Waals surface area contributed by atoms with Crippen LogP contribution in [0.25, 0.3) is 22.1 Å². The Bertz CT molecular complexity index is 1080. The van der Waals surface area contributed by atoms with Crippen LogP contribution in [0.3, 0.4) is 0 Å². The van der Waals surface area contributed by atoms with Crippen LogP contribution in [0, 0.1) is 5.82 Å². The van der Waals surface area contributed by atoms with Gasteiger partial charge in [-0.2, -0.15) is 0 Å². The van der Waals surface area contributed by atoms with Gasteiger partial charge in [-0.25, -0.2) is 4.39 Å². The largest absolute Gasteiger partial charge is 0.491 e. The Morgan fingerprint density at radius 1 is 1.00 bits per heavy atom. The van der Waals surface area contributed by atoms with Gasteiger partial charge < -0.3 is 19.6 Å². The Morgan fingerprint density at radius 3 is 2.72 bits per heavy atom. The summed E-state index contributed by atoms with van der Waals surface area (Å²) in [6.07, 6.45) is 0.915. The van der Waals surface area contributed by atoms with Gasteiger partial charge in [0, 0.05) is 29.4 Å². The standard InChI is InChI=1S/C24H22FNO3/c25-20-9-10-23-19(11-20)15-29-24(23)18-7-4-8-22(12-18)28-16-21(27)14-26-13-17-5-2-1-3-6-17/h1-12,15,21,26-27H,13-14,16H2/t21-/m1/s1. The molecule has 148 valence electrons. The van der Waals surface area contributed by atoms with Crippen LogP contribution in [0.2, 0.25) is 0 Å². The summed E-state index contributed by atoms with van der Waals surface area (Å²) in [7, 11) is 0. The summed E-state index contributed by atoms with van der Waals surface area (Å²) < 4.78 is 24.8. The third kappa shape index (κ3) is 4.83. The first-order valence-electron chi connectivity index (χ1n) is 9.52. The van der Waals surface area contributed by atoms with E-state index in [9.17, 15) is 9.50 Å². The maximum Gasteiger partial charge on any atom is 0.141 e. The molecular formula is C24H22FNO3. The molecule has 4 aromatic rings. The Morgan fingerprint density at radius 2 is 1.86 bits per heavy atom. The topological polar surface area (TPSA) is 54.6 Å². The molecule has 0 saturated heterocycles. The van der Waals surface area contributed by atoms with Crippen molar-refractivity contribution in [3.8, 4) is 17.1 Å². The van der Waals surface area contributed by atoms with Crippen molar-refractivity contribution >= 4 is 10.8 Å². The summed E-state index contributed by atoms with van der Waals surface area (Å²) in [5.41, 5.74) is 2.00. The molecule has 0 aliphatic heterocycles. The van der Waals surface area contributed by atoms with E-state index in [2.05, 4.69) is 5.32 Å². The number of nitrogens with one attached hydrogen (secondary N) is 1. The SMILES string of the molecule is O[C@H](CNCc1ccccc1)COc1cccc(-c2occ3cc(F)ccc23)c1. The molecule has 5 heteroatoms. The van der Waals surface area contributed by atoms with E-state index in [1.807, 2.05) is 54.6 Å². The zero-order valence-corrected chi connectivity index (χ0v) is 15.8. The van der Waals surface area contributed by atoms with Gasteiger partial charge >= 0.3 is 0 Å². The number of hydrogen-bond acceptors (Lipinski definition) is 4. The second-order valence-corrected chi connectivity index (χ2v) is 6.91. The summed E-state index contributed by atoms with van der Waals surface area (Å²) in [4.78, 5) is 0. The van der Waals surface area contributed by atoms with Crippen molar-refractivity contribution in [1.29, 1.82) is 0 Å². The van der Waals surface area contributed by atoms with Gasteiger partial charge in [-0.3, -0.25) is 0 Å². The molecule has 0 amide bonds. The van der Waals surface area contributed by atoms with Crippen molar-refractivity contribution in [2.24, 2.45) is 0 Å². The van der Waals surface area contributed by atoms with Gasteiger partial charge in [0.1, 0.15) is 30.0 Å². The minimum atomic E-state index is -0.630. The van der Waals surface area contributed by atoms with Crippen LogP contribution in [0.1, 0.15) is 5.56 Å². The zero-order valence-electron chi connectivity index (χ0n) is 15.8. The predicted molar refractivity (Wildman–Crippen MR) is 111 cm³/mol. The van der Waals surface area contributed by atoms with Gasteiger partial charge in [0.25, 0.3) is 0 Å². The van der Waals surface area contributed by atoms with Crippen LogP contribution < -0.4 is 10.1 Å². The van der Waals surface area contributed by atoms with E-state index < -0.39 is 6.10 Å². The fourth-order valence-electron chi connectivity index (χ4n) is 3.20. The number of fused-ring (bicyclic) bond motifs is 1. The minimum Gasteiger partial charge on any atom is -0.491 e. The third-order valence-corrected chi connectivity index (χ3v) is 4.65. The van der Waals surface area contributed by atoms with E-state index in [1.165, 1.54) is 17.7 Å². The molecule has 0 aliphatic rings. The molecule has 1 heterocycles. The number of aliphatic hydroxyl groups excluding tert-OH is 1. The maximum absolute atomic E-state index is 13.4. The molecule has 0 saturated carbocycles. The Kier molecular flexibility index (Phi) is 5.89. The van der Waals surface area contributed by atoms with Crippen LogP contribution in [-0.4, -0.2) is 24.4 Å².